The molecule has 2 aromatic heterocycles. The fraction of sp³-hybridized carbons (Fsp3) is 0.150. The molecule has 0 spiro atoms. The number of H-pyrrole nitrogens is 1. The number of hydrogen-bond donors (Lipinski definition) is 2. The maximum Gasteiger partial charge on any atom is 0.0987 e. The molecule has 2 aromatic carbocycles. The zero-order valence-corrected chi connectivity index (χ0v) is 13.2. The maximum atomic E-state index is 10.2. The summed E-state index contributed by atoms with van der Waals surface area (Å²) < 4.78 is 0. The Morgan fingerprint density at radius 3 is 2.52 bits per heavy atom. The van der Waals surface area contributed by atoms with E-state index in [-0.39, 0.29) is 0 Å². The second-order valence-corrected chi connectivity index (χ2v) is 6.42. The lowest BCUT2D eigenvalue weighted by Gasteiger charge is -2.14. The summed E-state index contributed by atoms with van der Waals surface area (Å²) in [5, 5.41) is 13.7. The van der Waals surface area contributed by atoms with Gasteiger partial charge in [-0.15, -0.1) is 0 Å². The van der Waals surface area contributed by atoms with Crippen molar-refractivity contribution in [1.29, 1.82) is 0 Å². The van der Waals surface area contributed by atoms with Gasteiger partial charge in [0.05, 0.1) is 11.3 Å². The van der Waals surface area contributed by atoms with Crippen LogP contribution in [-0.2, 0) is 5.60 Å². The molecular formula is C20H18N2O. The Kier molecular flexibility index (Phi) is 3.00. The number of pyridine rings is 1. The molecule has 0 aliphatic heterocycles. The summed E-state index contributed by atoms with van der Waals surface area (Å²) in [7, 11) is 0. The van der Waals surface area contributed by atoms with Crippen LogP contribution in [0.5, 0.6) is 0 Å². The molecule has 3 nitrogen and oxygen atoms in total. The Morgan fingerprint density at radius 2 is 1.74 bits per heavy atom. The molecule has 3 heteroatoms. The van der Waals surface area contributed by atoms with E-state index < -0.39 is 5.60 Å². The van der Waals surface area contributed by atoms with E-state index in [1.807, 2.05) is 24.3 Å². The minimum Gasteiger partial charge on any atom is -0.384 e. The van der Waals surface area contributed by atoms with Crippen LogP contribution in [0.25, 0.3) is 32.9 Å². The van der Waals surface area contributed by atoms with Gasteiger partial charge in [-0.2, -0.15) is 0 Å². The lowest BCUT2D eigenvalue weighted by molar-refractivity contribution is 0.0747. The Hall–Kier alpha value is -2.65. The highest BCUT2D eigenvalue weighted by Crippen LogP contribution is 2.31. The van der Waals surface area contributed by atoms with Gasteiger partial charge in [0.25, 0.3) is 0 Å². The van der Waals surface area contributed by atoms with E-state index >= 15 is 0 Å². The number of aliphatic hydroxyl groups is 1. The molecule has 0 atom stereocenters. The number of rotatable bonds is 2. The SMILES string of the molecule is CC(C)(O)c1cc2c(-c3ccc4ccccc4c3)nccc2[nH]1. The number of aromatic amines is 1. The van der Waals surface area contributed by atoms with Crippen molar-refractivity contribution in [2.45, 2.75) is 19.4 Å². The molecule has 0 bridgehead atoms. The summed E-state index contributed by atoms with van der Waals surface area (Å²) in [6.07, 6.45) is 1.80. The van der Waals surface area contributed by atoms with Crippen LogP contribution >= 0.6 is 0 Å². The van der Waals surface area contributed by atoms with Gasteiger partial charge >= 0.3 is 0 Å². The third-order valence-electron chi connectivity index (χ3n) is 4.23. The number of benzene rings is 2. The molecule has 4 rings (SSSR count). The van der Waals surface area contributed by atoms with Crippen molar-refractivity contribution in [3.63, 3.8) is 0 Å². The number of hydrogen-bond acceptors (Lipinski definition) is 2. The molecule has 4 aromatic rings. The first-order chi connectivity index (χ1) is 11.0. The molecule has 23 heavy (non-hydrogen) atoms. The van der Waals surface area contributed by atoms with Crippen molar-refractivity contribution in [3.05, 3.63) is 66.5 Å². The van der Waals surface area contributed by atoms with E-state index in [0.29, 0.717) is 0 Å². The Labute approximate surface area is 134 Å². The highest BCUT2D eigenvalue weighted by molar-refractivity contribution is 5.96. The largest absolute Gasteiger partial charge is 0.384 e. The molecule has 0 saturated heterocycles. The van der Waals surface area contributed by atoms with Crippen molar-refractivity contribution in [2.75, 3.05) is 0 Å². The zero-order valence-electron chi connectivity index (χ0n) is 13.2. The van der Waals surface area contributed by atoms with Crippen LogP contribution in [0.1, 0.15) is 19.5 Å². The summed E-state index contributed by atoms with van der Waals surface area (Å²) in [5.74, 6) is 0. The van der Waals surface area contributed by atoms with Crippen LogP contribution < -0.4 is 0 Å². The first kappa shape index (κ1) is 14.0. The summed E-state index contributed by atoms with van der Waals surface area (Å²) in [5.41, 5.74) is 2.89. The first-order valence-electron chi connectivity index (χ1n) is 7.72. The first-order valence-corrected chi connectivity index (χ1v) is 7.72. The predicted molar refractivity (Wildman–Crippen MR) is 94.3 cm³/mol. The fourth-order valence-electron chi connectivity index (χ4n) is 2.95. The van der Waals surface area contributed by atoms with Gasteiger partial charge in [0, 0.05) is 28.4 Å². The van der Waals surface area contributed by atoms with Gasteiger partial charge in [0.15, 0.2) is 0 Å². The Balaban J connectivity index is 1.94. The van der Waals surface area contributed by atoms with Crippen LogP contribution in [0, 0.1) is 0 Å². The number of nitrogens with one attached hydrogen (secondary N) is 1. The molecule has 2 heterocycles. The molecule has 0 fully saturated rings. The van der Waals surface area contributed by atoms with Gasteiger partial charge in [-0.05, 0) is 42.8 Å². The molecule has 0 unspecified atom stereocenters. The van der Waals surface area contributed by atoms with Gasteiger partial charge < -0.3 is 10.1 Å². The molecule has 0 aliphatic rings. The van der Waals surface area contributed by atoms with Crippen LogP contribution in [-0.4, -0.2) is 15.1 Å². The molecule has 0 saturated carbocycles. The van der Waals surface area contributed by atoms with Gasteiger partial charge in [-0.1, -0.05) is 36.4 Å². The van der Waals surface area contributed by atoms with Crippen LogP contribution in [0.3, 0.4) is 0 Å². The molecule has 2 N–H and O–H groups in total. The number of aromatic nitrogens is 2. The third-order valence-corrected chi connectivity index (χ3v) is 4.23. The van der Waals surface area contributed by atoms with Crippen LogP contribution in [0.4, 0.5) is 0 Å². The average Bonchev–Trinajstić information content (AvgIpc) is 2.99. The monoisotopic (exact) mass is 302 g/mol. The van der Waals surface area contributed by atoms with Crippen LogP contribution in [0.15, 0.2) is 60.8 Å². The molecular weight excluding hydrogens is 284 g/mol. The van der Waals surface area contributed by atoms with Crippen molar-refractivity contribution in [1.82, 2.24) is 9.97 Å². The summed E-state index contributed by atoms with van der Waals surface area (Å²) in [6, 6.07) is 18.6. The van der Waals surface area contributed by atoms with Gasteiger partial charge in [0.2, 0.25) is 0 Å². The van der Waals surface area contributed by atoms with Crippen LogP contribution in [0.2, 0.25) is 0 Å². The lowest BCUT2D eigenvalue weighted by atomic mass is 10.0. The summed E-state index contributed by atoms with van der Waals surface area (Å²) >= 11 is 0. The lowest BCUT2D eigenvalue weighted by Crippen LogP contribution is -2.15. The highest BCUT2D eigenvalue weighted by Gasteiger charge is 2.20. The van der Waals surface area contributed by atoms with E-state index in [2.05, 4.69) is 40.3 Å². The van der Waals surface area contributed by atoms with Gasteiger partial charge in [-0.3, -0.25) is 4.98 Å². The second-order valence-electron chi connectivity index (χ2n) is 6.42. The maximum absolute atomic E-state index is 10.2. The van der Waals surface area contributed by atoms with E-state index in [1.165, 1.54) is 10.8 Å². The smallest absolute Gasteiger partial charge is 0.0987 e. The molecule has 0 radical (unpaired) electrons. The molecule has 0 amide bonds. The van der Waals surface area contributed by atoms with Crippen molar-refractivity contribution < 1.29 is 5.11 Å². The predicted octanol–water partition coefficient (Wildman–Crippen LogP) is 4.61. The van der Waals surface area contributed by atoms with Gasteiger partial charge in [0.1, 0.15) is 0 Å². The number of fused-ring (bicyclic) bond motifs is 2. The Morgan fingerprint density at radius 1 is 0.957 bits per heavy atom. The minimum absolute atomic E-state index is 0.794. The molecule has 0 aliphatic carbocycles. The summed E-state index contributed by atoms with van der Waals surface area (Å²) in [4.78, 5) is 7.87. The fourth-order valence-corrected chi connectivity index (χ4v) is 2.95. The quantitative estimate of drug-likeness (QED) is 0.568. The number of nitrogens with zero attached hydrogens (tertiary/aromatic N) is 1. The van der Waals surface area contributed by atoms with Gasteiger partial charge in [-0.25, -0.2) is 0 Å². The summed E-state index contributed by atoms with van der Waals surface area (Å²) in [6.45, 7) is 3.56. The van der Waals surface area contributed by atoms with Crippen molar-refractivity contribution >= 4 is 21.7 Å². The Bertz CT molecular complexity index is 1010. The van der Waals surface area contributed by atoms with E-state index in [9.17, 15) is 5.11 Å². The topological polar surface area (TPSA) is 48.9 Å². The average molecular weight is 302 g/mol. The normalized spacial score (nSPS) is 12.1. The van der Waals surface area contributed by atoms with E-state index in [4.69, 9.17) is 0 Å². The minimum atomic E-state index is -0.903. The zero-order chi connectivity index (χ0) is 16.0. The van der Waals surface area contributed by atoms with E-state index in [0.717, 1.165) is 27.9 Å². The third kappa shape index (κ3) is 2.39. The molecule has 114 valence electrons. The van der Waals surface area contributed by atoms with Crippen molar-refractivity contribution in [2.24, 2.45) is 0 Å². The van der Waals surface area contributed by atoms with Crippen molar-refractivity contribution in [3.8, 4) is 11.3 Å². The second kappa shape index (κ2) is 4.93. The highest BCUT2D eigenvalue weighted by atomic mass is 16.3. The standard InChI is InChI=1S/C20H18N2O/c1-20(2,23)18-12-16-17(22-18)9-10-21-19(16)15-8-7-13-5-3-4-6-14(13)11-15/h3-12,22-23H,1-2H3. The van der Waals surface area contributed by atoms with E-state index in [1.54, 1.807) is 20.0 Å².